The number of methoxy groups -OCH3 is 3. The molecule has 8 nitrogen and oxygen atoms in total. The van der Waals surface area contributed by atoms with E-state index in [9.17, 15) is 5.26 Å². The molecular weight excluding hydrogens is 362 g/mol. The van der Waals surface area contributed by atoms with Crippen LogP contribution in [0.25, 0.3) is 12.2 Å². The minimum atomic E-state index is 0.134. The van der Waals surface area contributed by atoms with Crippen LogP contribution in [0.15, 0.2) is 16.5 Å². The smallest absolute Gasteiger partial charge is 0.232 e. The van der Waals surface area contributed by atoms with Gasteiger partial charge in [-0.2, -0.15) is 10.2 Å². The van der Waals surface area contributed by atoms with Crippen molar-refractivity contribution in [3.63, 3.8) is 0 Å². The summed E-state index contributed by atoms with van der Waals surface area (Å²) in [5.41, 5.74) is 1.02. The summed E-state index contributed by atoms with van der Waals surface area (Å²) in [6.45, 7) is 1.36. The van der Waals surface area contributed by atoms with Gasteiger partial charge >= 0.3 is 0 Å². The minimum absolute atomic E-state index is 0.134. The van der Waals surface area contributed by atoms with Gasteiger partial charge in [0.25, 0.3) is 0 Å². The van der Waals surface area contributed by atoms with E-state index >= 15 is 0 Å². The van der Waals surface area contributed by atoms with Gasteiger partial charge in [-0.3, -0.25) is 0 Å². The molecule has 1 aromatic carbocycles. The number of oxazole rings is 1. The summed E-state index contributed by atoms with van der Waals surface area (Å²) in [6, 6.07) is 5.66. The Hall–Kier alpha value is -3.18. The first-order valence-corrected chi connectivity index (χ1v) is 8.93. The molecule has 148 valence electrons. The third-order valence-electron chi connectivity index (χ3n) is 4.37. The van der Waals surface area contributed by atoms with E-state index in [1.165, 1.54) is 0 Å². The lowest BCUT2D eigenvalue weighted by atomic mass is 10.1. The molecule has 28 heavy (non-hydrogen) atoms. The van der Waals surface area contributed by atoms with Crippen LogP contribution in [0.1, 0.15) is 30.0 Å². The number of hydrogen-bond donors (Lipinski definition) is 1. The second-order valence-electron chi connectivity index (χ2n) is 6.15. The highest BCUT2D eigenvalue weighted by atomic mass is 16.5. The summed E-state index contributed by atoms with van der Waals surface area (Å²) >= 11 is 0. The summed E-state index contributed by atoms with van der Waals surface area (Å²) in [5.74, 6) is 2.28. The molecule has 1 aliphatic heterocycles. The zero-order chi connectivity index (χ0) is 19.9. The highest BCUT2D eigenvalue weighted by molar-refractivity contribution is 5.71. The number of ether oxygens (including phenoxy) is 4. The van der Waals surface area contributed by atoms with Crippen LogP contribution in [0.2, 0.25) is 0 Å². The number of aromatic nitrogens is 1. The zero-order valence-corrected chi connectivity index (χ0v) is 16.2. The average Bonchev–Trinajstić information content (AvgIpc) is 3.39. The van der Waals surface area contributed by atoms with E-state index < -0.39 is 0 Å². The molecule has 1 saturated heterocycles. The maximum atomic E-state index is 9.29. The van der Waals surface area contributed by atoms with Crippen molar-refractivity contribution in [1.82, 2.24) is 4.98 Å². The van der Waals surface area contributed by atoms with Gasteiger partial charge in [0.2, 0.25) is 23.2 Å². The van der Waals surface area contributed by atoms with Crippen LogP contribution < -0.4 is 19.5 Å². The molecule has 3 rings (SSSR count). The number of rotatable bonds is 8. The van der Waals surface area contributed by atoms with E-state index in [1.54, 1.807) is 33.5 Å². The molecule has 1 aliphatic rings. The third kappa shape index (κ3) is 4.38. The predicted molar refractivity (Wildman–Crippen MR) is 104 cm³/mol. The van der Waals surface area contributed by atoms with Gasteiger partial charge in [-0.1, -0.05) is 0 Å². The molecule has 8 heteroatoms. The molecule has 0 aliphatic carbocycles. The maximum Gasteiger partial charge on any atom is 0.232 e. The molecule has 2 aromatic rings. The molecule has 1 N–H and O–H groups in total. The molecule has 0 radical (unpaired) electrons. The summed E-state index contributed by atoms with van der Waals surface area (Å²) in [6.07, 6.45) is 5.66. The number of hydrogen-bond acceptors (Lipinski definition) is 8. The van der Waals surface area contributed by atoms with Gasteiger partial charge < -0.3 is 28.7 Å². The lowest BCUT2D eigenvalue weighted by Crippen LogP contribution is -2.18. The normalized spacial score (nSPS) is 16.1. The van der Waals surface area contributed by atoms with E-state index in [4.69, 9.17) is 23.4 Å². The largest absolute Gasteiger partial charge is 0.493 e. The Labute approximate surface area is 163 Å². The number of nitrogens with zero attached hydrogens (tertiary/aromatic N) is 2. The van der Waals surface area contributed by atoms with Crippen molar-refractivity contribution >= 4 is 18.0 Å². The van der Waals surface area contributed by atoms with E-state index in [2.05, 4.69) is 10.3 Å². The molecule has 2 heterocycles. The Kier molecular flexibility index (Phi) is 6.40. The van der Waals surface area contributed by atoms with Crippen molar-refractivity contribution < 1.29 is 23.4 Å². The van der Waals surface area contributed by atoms with E-state index in [0.717, 1.165) is 25.0 Å². The van der Waals surface area contributed by atoms with Crippen LogP contribution in [0.3, 0.4) is 0 Å². The van der Waals surface area contributed by atoms with Crippen molar-refractivity contribution in [3.8, 4) is 23.3 Å². The van der Waals surface area contributed by atoms with Crippen molar-refractivity contribution in [2.45, 2.75) is 18.9 Å². The summed E-state index contributed by atoms with van der Waals surface area (Å²) in [7, 11) is 4.67. The van der Waals surface area contributed by atoms with Crippen molar-refractivity contribution in [3.05, 3.63) is 29.3 Å². The van der Waals surface area contributed by atoms with Crippen LogP contribution in [0.4, 0.5) is 5.88 Å². The topological polar surface area (TPSA) is 98.8 Å². The van der Waals surface area contributed by atoms with Gasteiger partial charge in [-0.05, 0) is 36.6 Å². The van der Waals surface area contributed by atoms with Crippen LogP contribution in [-0.4, -0.2) is 45.6 Å². The van der Waals surface area contributed by atoms with Gasteiger partial charge in [0, 0.05) is 19.2 Å². The summed E-state index contributed by atoms with van der Waals surface area (Å²) in [5, 5.41) is 12.4. The van der Waals surface area contributed by atoms with Crippen molar-refractivity contribution in [1.29, 1.82) is 5.26 Å². The second kappa shape index (κ2) is 9.15. The fourth-order valence-corrected chi connectivity index (χ4v) is 2.98. The fraction of sp³-hybridized carbons (Fsp3) is 0.400. The lowest BCUT2D eigenvalue weighted by Gasteiger charge is -2.12. The first kappa shape index (κ1) is 19.6. The van der Waals surface area contributed by atoms with E-state index in [0.29, 0.717) is 35.6 Å². The first-order valence-electron chi connectivity index (χ1n) is 8.93. The van der Waals surface area contributed by atoms with Gasteiger partial charge in [-0.15, -0.1) is 0 Å². The number of benzene rings is 1. The van der Waals surface area contributed by atoms with E-state index in [-0.39, 0.29) is 11.8 Å². The molecule has 0 amide bonds. The molecule has 1 fully saturated rings. The minimum Gasteiger partial charge on any atom is -0.493 e. The average molecular weight is 385 g/mol. The van der Waals surface area contributed by atoms with Crippen molar-refractivity contribution in [2.75, 3.05) is 39.8 Å². The molecule has 0 bridgehead atoms. The Morgan fingerprint density at radius 3 is 2.54 bits per heavy atom. The third-order valence-corrected chi connectivity index (χ3v) is 4.37. The molecular formula is C20H23N3O5. The highest BCUT2D eigenvalue weighted by Gasteiger charge is 2.18. The van der Waals surface area contributed by atoms with E-state index in [1.807, 2.05) is 18.2 Å². The van der Waals surface area contributed by atoms with Crippen molar-refractivity contribution in [2.24, 2.45) is 0 Å². The molecule has 1 atom stereocenters. The predicted octanol–water partition coefficient (Wildman–Crippen LogP) is 3.33. The van der Waals surface area contributed by atoms with Gasteiger partial charge in [0.1, 0.15) is 6.07 Å². The number of nitriles is 1. The highest BCUT2D eigenvalue weighted by Crippen LogP contribution is 2.38. The van der Waals surface area contributed by atoms with Gasteiger partial charge in [0.15, 0.2) is 11.5 Å². The van der Waals surface area contributed by atoms with Crippen LogP contribution >= 0.6 is 0 Å². The zero-order valence-electron chi connectivity index (χ0n) is 16.2. The monoisotopic (exact) mass is 385 g/mol. The first-order chi connectivity index (χ1) is 13.7. The SMILES string of the molecule is COc1cc(/C=C/c2nc(C#N)c(NC[C@H]3CCCO3)o2)cc(OC)c1OC. The maximum absolute atomic E-state index is 9.29. The molecule has 0 unspecified atom stereocenters. The standard InChI is InChI=1S/C20H23N3O5/c1-24-16-9-13(10-17(25-2)19(16)26-3)6-7-18-23-15(11-21)20(28-18)22-12-14-5-4-8-27-14/h6-7,9-10,14,22H,4-5,8,12H2,1-3H3/b7-6+/t14-/m1/s1. The molecule has 0 saturated carbocycles. The quantitative estimate of drug-likeness (QED) is 0.739. The second-order valence-corrected chi connectivity index (χ2v) is 6.15. The number of anilines is 1. The number of nitrogens with one attached hydrogen (secondary N) is 1. The van der Waals surface area contributed by atoms with Gasteiger partial charge in [0.05, 0.1) is 27.4 Å². The molecule has 0 spiro atoms. The van der Waals surface area contributed by atoms with Gasteiger partial charge in [-0.25, -0.2) is 0 Å². The Morgan fingerprint density at radius 2 is 1.96 bits per heavy atom. The van der Waals surface area contributed by atoms with Crippen LogP contribution in [-0.2, 0) is 4.74 Å². The summed E-state index contributed by atoms with van der Waals surface area (Å²) in [4.78, 5) is 4.20. The Balaban J connectivity index is 1.77. The Morgan fingerprint density at radius 1 is 1.21 bits per heavy atom. The lowest BCUT2D eigenvalue weighted by molar-refractivity contribution is 0.120. The van der Waals surface area contributed by atoms with Crippen LogP contribution in [0.5, 0.6) is 17.2 Å². The van der Waals surface area contributed by atoms with Crippen LogP contribution in [0, 0.1) is 11.3 Å². The summed E-state index contributed by atoms with van der Waals surface area (Å²) < 4.78 is 27.3. The molecule has 1 aromatic heterocycles. The Bertz CT molecular complexity index is 853. The fourth-order valence-electron chi connectivity index (χ4n) is 2.98.